The van der Waals surface area contributed by atoms with E-state index in [1.54, 1.807) is 6.08 Å². The number of unbranched alkanes of at least 4 members (excludes halogenated alkanes) is 5. The number of hydrogen-bond donors (Lipinski definition) is 0. The Bertz CT molecular complexity index is 270. The quantitative estimate of drug-likeness (QED) is 0.408. The Kier molecular flexibility index (Phi) is 10.4. The van der Waals surface area contributed by atoms with E-state index >= 15 is 0 Å². The molecule has 0 aliphatic heterocycles. The standard InChI is InChI=1S/C15H24N2/c1-3-15(13-17)11-9-7-5-4-6-8-10-14(2)12-16/h3,14-15H,1,4-11H2,2H3. The molecule has 17 heavy (non-hydrogen) atoms. The molecule has 2 unspecified atom stereocenters. The Morgan fingerprint density at radius 1 is 0.941 bits per heavy atom. The smallest absolute Gasteiger partial charge is 0.0697 e. The third-order valence-corrected chi connectivity index (χ3v) is 3.07. The van der Waals surface area contributed by atoms with Crippen LogP contribution in [0.5, 0.6) is 0 Å². The maximum absolute atomic E-state index is 8.73. The van der Waals surface area contributed by atoms with Crippen molar-refractivity contribution in [3.8, 4) is 12.1 Å². The predicted octanol–water partition coefficient (Wildman–Crippen LogP) is 4.59. The lowest BCUT2D eigenvalue weighted by atomic mass is 10.00. The molecule has 0 aliphatic carbocycles. The van der Waals surface area contributed by atoms with E-state index in [1.165, 1.54) is 32.1 Å². The molecular weight excluding hydrogens is 208 g/mol. The molecule has 2 atom stereocenters. The molecule has 0 aromatic carbocycles. The normalized spacial score (nSPS) is 13.4. The van der Waals surface area contributed by atoms with Crippen molar-refractivity contribution in [3.05, 3.63) is 12.7 Å². The van der Waals surface area contributed by atoms with Crippen LogP contribution in [-0.2, 0) is 0 Å². The predicted molar refractivity (Wildman–Crippen MR) is 71.0 cm³/mol. The van der Waals surface area contributed by atoms with Crippen LogP contribution in [0.25, 0.3) is 0 Å². The van der Waals surface area contributed by atoms with E-state index in [-0.39, 0.29) is 11.8 Å². The first-order valence-corrected chi connectivity index (χ1v) is 6.66. The molecule has 0 aromatic rings. The van der Waals surface area contributed by atoms with Crippen molar-refractivity contribution in [2.75, 3.05) is 0 Å². The van der Waals surface area contributed by atoms with Crippen molar-refractivity contribution in [1.82, 2.24) is 0 Å². The van der Waals surface area contributed by atoms with Crippen LogP contribution in [0.15, 0.2) is 12.7 Å². The van der Waals surface area contributed by atoms with Crippen molar-refractivity contribution in [2.24, 2.45) is 11.8 Å². The van der Waals surface area contributed by atoms with Crippen LogP contribution >= 0.6 is 0 Å². The minimum atomic E-state index is 0.0338. The van der Waals surface area contributed by atoms with E-state index in [4.69, 9.17) is 10.5 Å². The fraction of sp³-hybridized carbons (Fsp3) is 0.733. The van der Waals surface area contributed by atoms with Gasteiger partial charge in [0.05, 0.1) is 18.1 Å². The zero-order valence-corrected chi connectivity index (χ0v) is 11.0. The fourth-order valence-corrected chi connectivity index (χ4v) is 1.82. The lowest BCUT2D eigenvalue weighted by Gasteiger charge is -2.04. The van der Waals surface area contributed by atoms with Crippen LogP contribution in [-0.4, -0.2) is 0 Å². The van der Waals surface area contributed by atoms with Crippen LogP contribution in [0, 0.1) is 34.5 Å². The van der Waals surface area contributed by atoms with Gasteiger partial charge in [-0.15, -0.1) is 6.58 Å². The summed E-state index contributed by atoms with van der Waals surface area (Å²) < 4.78 is 0. The van der Waals surface area contributed by atoms with Gasteiger partial charge in [-0.2, -0.15) is 10.5 Å². The summed E-state index contributed by atoms with van der Waals surface area (Å²) in [6.45, 7) is 5.63. The maximum Gasteiger partial charge on any atom is 0.0697 e. The zero-order chi connectivity index (χ0) is 12.9. The van der Waals surface area contributed by atoms with E-state index in [9.17, 15) is 0 Å². The Balaban J connectivity index is 3.22. The molecule has 0 aromatic heterocycles. The van der Waals surface area contributed by atoms with E-state index in [0.717, 1.165) is 19.3 Å². The molecule has 0 heterocycles. The SMILES string of the molecule is C=CC(C#N)CCCCCCCCC(C)C#N. The van der Waals surface area contributed by atoms with Crippen molar-refractivity contribution >= 4 is 0 Å². The molecular formula is C15H24N2. The van der Waals surface area contributed by atoms with Crippen molar-refractivity contribution < 1.29 is 0 Å². The number of nitrogens with zero attached hydrogens (tertiary/aromatic N) is 2. The minimum Gasteiger partial charge on any atom is -0.198 e. The molecule has 0 rings (SSSR count). The Morgan fingerprint density at radius 2 is 1.47 bits per heavy atom. The average molecular weight is 232 g/mol. The third-order valence-electron chi connectivity index (χ3n) is 3.07. The van der Waals surface area contributed by atoms with Gasteiger partial charge in [-0.1, -0.05) is 44.6 Å². The Morgan fingerprint density at radius 3 is 1.94 bits per heavy atom. The highest BCUT2D eigenvalue weighted by molar-refractivity contribution is 4.94. The van der Waals surface area contributed by atoms with Gasteiger partial charge in [0.2, 0.25) is 0 Å². The highest BCUT2D eigenvalue weighted by Crippen LogP contribution is 2.14. The van der Waals surface area contributed by atoms with Crippen LogP contribution in [0.1, 0.15) is 58.3 Å². The molecule has 0 radical (unpaired) electrons. The first kappa shape index (κ1) is 15.7. The van der Waals surface area contributed by atoms with Gasteiger partial charge in [-0.05, 0) is 19.8 Å². The number of hydrogen-bond acceptors (Lipinski definition) is 2. The summed E-state index contributed by atoms with van der Waals surface area (Å²) in [5.41, 5.74) is 0. The second-order valence-corrected chi connectivity index (χ2v) is 4.70. The van der Waals surface area contributed by atoms with Gasteiger partial charge in [0.25, 0.3) is 0 Å². The van der Waals surface area contributed by atoms with Crippen molar-refractivity contribution in [1.29, 1.82) is 10.5 Å². The average Bonchev–Trinajstić information content (AvgIpc) is 2.36. The van der Waals surface area contributed by atoms with Crippen molar-refractivity contribution in [3.63, 3.8) is 0 Å². The van der Waals surface area contributed by atoms with E-state index < -0.39 is 0 Å². The summed E-state index contributed by atoms with van der Waals surface area (Å²) in [6, 6.07) is 4.49. The monoisotopic (exact) mass is 232 g/mol. The van der Waals surface area contributed by atoms with Gasteiger partial charge in [0.1, 0.15) is 0 Å². The fourth-order valence-electron chi connectivity index (χ4n) is 1.82. The van der Waals surface area contributed by atoms with Gasteiger partial charge < -0.3 is 0 Å². The minimum absolute atomic E-state index is 0.0338. The molecule has 0 N–H and O–H groups in total. The summed E-state index contributed by atoms with van der Waals surface area (Å²) in [4.78, 5) is 0. The maximum atomic E-state index is 8.73. The van der Waals surface area contributed by atoms with E-state index in [2.05, 4.69) is 18.7 Å². The topological polar surface area (TPSA) is 47.6 Å². The highest BCUT2D eigenvalue weighted by Gasteiger charge is 2.01. The van der Waals surface area contributed by atoms with E-state index in [0.29, 0.717) is 0 Å². The first-order chi connectivity index (χ1) is 8.24. The molecule has 0 saturated heterocycles. The van der Waals surface area contributed by atoms with Gasteiger partial charge in [-0.3, -0.25) is 0 Å². The van der Waals surface area contributed by atoms with Gasteiger partial charge >= 0.3 is 0 Å². The van der Waals surface area contributed by atoms with Gasteiger partial charge in [0, 0.05) is 5.92 Å². The van der Waals surface area contributed by atoms with Gasteiger partial charge in [0.15, 0.2) is 0 Å². The summed E-state index contributed by atoms with van der Waals surface area (Å²) in [5.74, 6) is 0.241. The molecule has 94 valence electrons. The number of allylic oxidation sites excluding steroid dienone is 1. The summed E-state index contributed by atoms with van der Waals surface area (Å²) >= 11 is 0. The molecule has 0 spiro atoms. The lowest BCUT2D eigenvalue weighted by molar-refractivity contribution is 0.530. The molecule has 2 heteroatoms. The Labute approximate surface area is 106 Å². The molecule has 0 fully saturated rings. The summed E-state index contributed by atoms with van der Waals surface area (Å²) in [7, 11) is 0. The van der Waals surface area contributed by atoms with Crippen LogP contribution in [0.3, 0.4) is 0 Å². The number of rotatable bonds is 10. The van der Waals surface area contributed by atoms with Gasteiger partial charge in [-0.25, -0.2) is 0 Å². The van der Waals surface area contributed by atoms with E-state index in [1.807, 2.05) is 6.92 Å². The molecule has 0 saturated carbocycles. The second-order valence-electron chi connectivity index (χ2n) is 4.70. The van der Waals surface area contributed by atoms with Crippen LogP contribution in [0.4, 0.5) is 0 Å². The molecule has 0 aliphatic rings. The molecule has 0 bridgehead atoms. The molecule has 2 nitrogen and oxygen atoms in total. The lowest BCUT2D eigenvalue weighted by Crippen LogP contribution is -1.92. The van der Waals surface area contributed by atoms with Crippen LogP contribution in [0.2, 0.25) is 0 Å². The zero-order valence-electron chi connectivity index (χ0n) is 11.0. The number of nitriles is 2. The third kappa shape index (κ3) is 9.64. The van der Waals surface area contributed by atoms with Crippen molar-refractivity contribution in [2.45, 2.75) is 58.3 Å². The highest BCUT2D eigenvalue weighted by atomic mass is 14.3. The first-order valence-electron chi connectivity index (χ1n) is 6.66. The molecule has 0 amide bonds. The summed E-state index contributed by atoms with van der Waals surface area (Å²) in [5, 5.41) is 17.3. The van der Waals surface area contributed by atoms with Crippen LogP contribution < -0.4 is 0 Å². The largest absolute Gasteiger partial charge is 0.198 e. The second kappa shape index (κ2) is 11.2. The summed E-state index contributed by atoms with van der Waals surface area (Å²) in [6.07, 6.45) is 11.0. The Hall–Kier alpha value is -1.28.